The van der Waals surface area contributed by atoms with E-state index in [0.717, 1.165) is 50.4 Å². The first-order valence-electron chi connectivity index (χ1n) is 7.77. The standard InChI is InChI=1S/C16H25N3O2/c1-4-17(5-2)11-14-8-9-18(12-14)15-7-6-13(3)10-16(15)19(20)21/h6-7,10,14H,4-5,8-9,11-12H2,1-3H3. The molecule has 5 nitrogen and oxygen atoms in total. The van der Waals surface area contributed by atoms with Gasteiger partial charge in [-0.3, -0.25) is 10.1 Å². The molecule has 0 spiro atoms. The van der Waals surface area contributed by atoms with Crippen LogP contribution >= 0.6 is 0 Å². The highest BCUT2D eigenvalue weighted by atomic mass is 16.6. The SMILES string of the molecule is CCN(CC)CC1CCN(c2ccc(C)cc2[N+](=O)[O-])C1. The number of hydrogen-bond acceptors (Lipinski definition) is 4. The van der Waals surface area contributed by atoms with Crippen molar-refractivity contribution in [2.24, 2.45) is 5.92 Å². The maximum absolute atomic E-state index is 11.3. The Balaban J connectivity index is 2.09. The van der Waals surface area contributed by atoms with Crippen LogP contribution in [0.4, 0.5) is 11.4 Å². The van der Waals surface area contributed by atoms with E-state index in [2.05, 4.69) is 23.6 Å². The highest BCUT2D eigenvalue weighted by Crippen LogP contribution is 2.33. The van der Waals surface area contributed by atoms with Crippen molar-refractivity contribution in [1.82, 2.24) is 4.90 Å². The second-order valence-corrected chi connectivity index (χ2v) is 5.84. The van der Waals surface area contributed by atoms with Crippen molar-refractivity contribution < 1.29 is 4.92 Å². The van der Waals surface area contributed by atoms with Gasteiger partial charge in [0.1, 0.15) is 5.69 Å². The molecule has 1 aliphatic heterocycles. The molecule has 1 aromatic carbocycles. The molecule has 1 aromatic rings. The first-order chi connectivity index (χ1) is 10.0. The molecular weight excluding hydrogens is 266 g/mol. The molecule has 5 heteroatoms. The molecule has 1 heterocycles. The minimum atomic E-state index is -0.264. The third kappa shape index (κ3) is 3.73. The highest BCUT2D eigenvalue weighted by Gasteiger charge is 2.28. The van der Waals surface area contributed by atoms with Crippen LogP contribution in [0.15, 0.2) is 18.2 Å². The van der Waals surface area contributed by atoms with Crippen LogP contribution in [0.2, 0.25) is 0 Å². The Morgan fingerprint density at radius 1 is 1.38 bits per heavy atom. The summed E-state index contributed by atoms with van der Waals surface area (Å²) in [6.07, 6.45) is 1.11. The van der Waals surface area contributed by atoms with E-state index in [4.69, 9.17) is 0 Å². The van der Waals surface area contributed by atoms with Crippen molar-refractivity contribution in [2.45, 2.75) is 27.2 Å². The second kappa shape index (κ2) is 6.89. The smallest absolute Gasteiger partial charge is 0.292 e. The number of benzene rings is 1. The van der Waals surface area contributed by atoms with Gasteiger partial charge in [-0.2, -0.15) is 0 Å². The monoisotopic (exact) mass is 291 g/mol. The van der Waals surface area contributed by atoms with E-state index in [9.17, 15) is 10.1 Å². The van der Waals surface area contributed by atoms with Gasteiger partial charge >= 0.3 is 0 Å². The van der Waals surface area contributed by atoms with E-state index in [1.165, 1.54) is 0 Å². The van der Waals surface area contributed by atoms with Gasteiger partial charge in [0.2, 0.25) is 0 Å². The lowest BCUT2D eigenvalue weighted by molar-refractivity contribution is -0.384. The summed E-state index contributed by atoms with van der Waals surface area (Å²) in [7, 11) is 0. The first-order valence-corrected chi connectivity index (χ1v) is 7.77. The molecular formula is C16H25N3O2. The Morgan fingerprint density at radius 3 is 2.71 bits per heavy atom. The summed E-state index contributed by atoms with van der Waals surface area (Å²) in [6.45, 7) is 11.3. The summed E-state index contributed by atoms with van der Waals surface area (Å²) in [6, 6.07) is 5.53. The Morgan fingerprint density at radius 2 is 2.10 bits per heavy atom. The van der Waals surface area contributed by atoms with Crippen LogP contribution in [0.1, 0.15) is 25.8 Å². The number of rotatable bonds is 6. The molecule has 0 bridgehead atoms. The molecule has 0 saturated carbocycles. The second-order valence-electron chi connectivity index (χ2n) is 5.84. The Kier molecular flexibility index (Phi) is 5.17. The number of hydrogen-bond donors (Lipinski definition) is 0. The summed E-state index contributed by atoms with van der Waals surface area (Å²) in [4.78, 5) is 15.6. The largest absolute Gasteiger partial charge is 0.366 e. The number of aryl methyl sites for hydroxylation is 1. The van der Waals surface area contributed by atoms with Crippen molar-refractivity contribution in [1.29, 1.82) is 0 Å². The van der Waals surface area contributed by atoms with Crippen molar-refractivity contribution in [3.63, 3.8) is 0 Å². The van der Waals surface area contributed by atoms with Gasteiger partial charge in [-0.15, -0.1) is 0 Å². The third-order valence-corrected chi connectivity index (χ3v) is 4.36. The molecule has 0 radical (unpaired) electrons. The summed E-state index contributed by atoms with van der Waals surface area (Å²) < 4.78 is 0. The zero-order chi connectivity index (χ0) is 15.4. The van der Waals surface area contributed by atoms with E-state index in [1.807, 2.05) is 19.1 Å². The molecule has 1 aliphatic rings. The van der Waals surface area contributed by atoms with Crippen LogP contribution in [-0.4, -0.2) is 42.5 Å². The maximum Gasteiger partial charge on any atom is 0.292 e. The molecule has 1 fully saturated rings. The van der Waals surface area contributed by atoms with Gasteiger partial charge in [-0.05, 0) is 44.0 Å². The molecule has 1 saturated heterocycles. The average molecular weight is 291 g/mol. The number of nitrogens with zero attached hydrogens (tertiary/aromatic N) is 3. The molecule has 0 aromatic heterocycles. The summed E-state index contributed by atoms with van der Waals surface area (Å²) >= 11 is 0. The molecule has 0 amide bonds. The fourth-order valence-electron chi connectivity index (χ4n) is 3.09. The van der Waals surface area contributed by atoms with Crippen LogP contribution in [0.5, 0.6) is 0 Å². The molecule has 0 N–H and O–H groups in total. The fourth-order valence-corrected chi connectivity index (χ4v) is 3.09. The molecule has 1 unspecified atom stereocenters. The normalized spacial score (nSPS) is 18.5. The number of nitro groups is 1. The number of nitro benzene ring substituents is 1. The van der Waals surface area contributed by atoms with Gasteiger partial charge in [-0.25, -0.2) is 0 Å². The van der Waals surface area contributed by atoms with Crippen molar-refractivity contribution in [3.05, 3.63) is 33.9 Å². The van der Waals surface area contributed by atoms with E-state index in [-0.39, 0.29) is 10.6 Å². The zero-order valence-electron chi connectivity index (χ0n) is 13.2. The lowest BCUT2D eigenvalue weighted by atomic mass is 10.1. The van der Waals surface area contributed by atoms with Crippen molar-refractivity contribution >= 4 is 11.4 Å². The Hall–Kier alpha value is -1.62. The van der Waals surface area contributed by atoms with Gasteiger partial charge in [0, 0.05) is 25.7 Å². The van der Waals surface area contributed by atoms with Gasteiger partial charge in [0.05, 0.1) is 4.92 Å². The molecule has 2 rings (SSSR count). The van der Waals surface area contributed by atoms with Gasteiger partial charge < -0.3 is 9.80 Å². The molecule has 116 valence electrons. The predicted octanol–water partition coefficient (Wildman–Crippen LogP) is 3.07. The van der Waals surface area contributed by atoms with Crippen LogP contribution in [0.3, 0.4) is 0 Å². The first kappa shape index (κ1) is 15.8. The van der Waals surface area contributed by atoms with E-state index >= 15 is 0 Å². The number of anilines is 1. The van der Waals surface area contributed by atoms with Crippen LogP contribution in [0, 0.1) is 23.0 Å². The summed E-state index contributed by atoms with van der Waals surface area (Å²) in [5, 5.41) is 11.3. The van der Waals surface area contributed by atoms with Crippen LogP contribution < -0.4 is 4.90 Å². The topological polar surface area (TPSA) is 49.6 Å². The van der Waals surface area contributed by atoms with Gasteiger partial charge in [-0.1, -0.05) is 19.9 Å². The highest BCUT2D eigenvalue weighted by molar-refractivity contribution is 5.64. The van der Waals surface area contributed by atoms with Crippen molar-refractivity contribution in [3.8, 4) is 0 Å². The van der Waals surface area contributed by atoms with Gasteiger partial charge in [0.25, 0.3) is 5.69 Å². The lowest BCUT2D eigenvalue weighted by Gasteiger charge is -2.23. The predicted molar refractivity (Wildman–Crippen MR) is 85.9 cm³/mol. The minimum absolute atomic E-state index is 0.235. The van der Waals surface area contributed by atoms with Crippen LogP contribution in [-0.2, 0) is 0 Å². The summed E-state index contributed by atoms with van der Waals surface area (Å²) in [5.41, 5.74) is 1.94. The quantitative estimate of drug-likeness (QED) is 0.597. The molecule has 1 atom stereocenters. The fraction of sp³-hybridized carbons (Fsp3) is 0.625. The molecule has 0 aliphatic carbocycles. The molecule has 21 heavy (non-hydrogen) atoms. The third-order valence-electron chi connectivity index (χ3n) is 4.36. The zero-order valence-corrected chi connectivity index (χ0v) is 13.2. The average Bonchev–Trinajstić information content (AvgIpc) is 2.93. The van der Waals surface area contributed by atoms with Crippen LogP contribution in [0.25, 0.3) is 0 Å². The van der Waals surface area contributed by atoms with E-state index in [1.54, 1.807) is 6.07 Å². The van der Waals surface area contributed by atoms with E-state index < -0.39 is 0 Å². The maximum atomic E-state index is 11.3. The Labute approximate surface area is 126 Å². The van der Waals surface area contributed by atoms with Crippen molar-refractivity contribution in [2.75, 3.05) is 37.6 Å². The Bertz CT molecular complexity index is 500. The summed E-state index contributed by atoms with van der Waals surface area (Å²) in [5.74, 6) is 0.603. The lowest BCUT2D eigenvalue weighted by Crippen LogP contribution is -2.31. The minimum Gasteiger partial charge on any atom is -0.366 e. The van der Waals surface area contributed by atoms with E-state index in [0.29, 0.717) is 5.92 Å². The van der Waals surface area contributed by atoms with Gasteiger partial charge in [0.15, 0.2) is 0 Å².